The summed E-state index contributed by atoms with van der Waals surface area (Å²) >= 11 is 1.05. The monoisotopic (exact) mass is 607 g/mol. The van der Waals surface area contributed by atoms with E-state index in [0.29, 0.717) is 22.2 Å². The summed E-state index contributed by atoms with van der Waals surface area (Å²) in [6.07, 6.45) is 1.42. The first-order chi connectivity index (χ1) is 20.0. The first-order valence-corrected chi connectivity index (χ1v) is 14.8. The highest BCUT2D eigenvalue weighted by Gasteiger charge is 2.36. The number of carbonyl (C=O) groups excluding carboxylic acids is 3. The minimum absolute atomic E-state index is 0.113. The van der Waals surface area contributed by atoms with Crippen LogP contribution in [0.3, 0.4) is 0 Å². The van der Waals surface area contributed by atoms with E-state index in [1.54, 1.807) is 37.3 Å². The Hall–Kier alpha value is -4.84. The van der Waals surface area contributed by atoms with Crippen LogP contribution in [0.5, 0.6) is 0 Å². The van der Waals surface area contributed by atoms with Gasteiger partial charge in [-0.3, -0.25) is 9.59 Å². The fraction of sp³-hybridized carbons (Fsp3) is 0.143. The van der Waals surface area contributed by atoms with Crippen molar-refractivity contribution in [3.8, 4) is 6.07 Å². The van der Waals surface area contributed by atoms with Gasteiger partial charge in [0.1, 0.15) is 5.76 Å². The minimum Gasteiger partial charge on any atom is -0.468 e. The Bertz CT molecular complexity index is 1740. The fourth-order valence-corrected chi connectivity index (χ4v) is 5.61. The smallest absolute Gasteiger partial charge is 0.339 e. The van der Waals surface area contributed by atoms with Gasteiger partial charge in [-0.15, -0.1) is 0 Å². The van der Waals surface area contributed by atoms with Crippen LogP contribution in [0.1, 0.15) is 29.0 Å². The third kappa shape index (κ3) is 6.72. The summed E-state index contributed by atoms with van der Waals surface area (Å²) in [4.78, 5) is 38.2. The molecule has 3 aromatic rings. The summed E-state index contributed by atoms with van der Waals surface area (Å²) in [5.41, 5.74) is 1.53. The first-order valence-electron chi connectivity index (χ1n) is 12.2. The van der Waals surface area contributed by atoms with Gasteiger partial charge in [0, 0.05) is 11.4 Å². The maximum Gasteiger partial charge on any atom is 0.339 e. The molecule has 216 valence electrons. The van der Waals surface area contributed by atoms with Gasteiger partial charge in [-0.1, -0.05) is 23.9 Å². The predicted octanol–water partition coefficient (Wildman–Crippen LogP) is 3.42. The molecule has 0 radical (unpaired) electrons. The molecule has 0 saturated heterocycles. The summed E-state index contributed by atoms with van der Waals surface area (Å²) in [6, 6.07) is 17.1. The summed E-state index contributed by atoms with van der Waals surface area (Å²) < 4.78 is 33.5. The number of rotatable bonds is 9. The Morgan fingerprint density at radius 2 is 1.81 bits per heavy atom. The van der Waals surface area contributed by atoms with Crippen molar-refractivity contribution in [2.45, 2.75) is 17.7 Å². The van der Waals surface area contributed by atoms with Gasteiger partial charge in [-0.25, -0.2) is 18.4 Å². The molecule has 4 rings (SSSR count). The number of amides is 2. The lowest BCUT2D eigenvalue weighted by molar-refractivity contribution is -0.114. The lowest BCUT2D eigenvalue weighted by Gasteiger charge is -2.28. The first kappa shape index (κ1) is 30.1. The highest BCUT2D eigenvalue weighted by molar-refractivity contribution is 8.03. The minimum atomic E-state index is -3.91. The molecule has 5 N–H and O–H groups in total. The van der Waals surface area contributed by atoms with Gasteiger partial charge in [-0.05, 0) is 55.5 Å². The molecule has 1 aliphatic rings. The number of ether oxygens (including phenoxy) is 1. The third-order valence-corrected chi connectivity index (χ3v) is 8.06. The number of hydrogen-bond acceptors (Lipinski definition) is 10. The van der Waals surface area contributed by atoms with Crippen LogP contribution in [0.4, 0.5) is 11.4 Å². The van der Waals surface area contributed by atoms with Crippen molar-refractivity contribution in [1.82, 2.24) is 5.32 Å². The number of allylic oxidation sites excluding steroid dienone is 2. The summed E-state index contributed by atoms with van der Waals surface area (Å²) in [6.45, 7) is 1.65. The quantitative estimate of drug-likeness (QED) is 0.262. The summed E-state index contributed by atoms with van der Waals surface area (Å²) in [5.74, 6) is -2.30. The molecule has 14 heteroatoms. The van der Waals surface area contributed by atoms with E-state index < -0.39 is 33.7 Å². The number of nitrogens with one attached hydrogen (secondary N) is 3. The lowest BCUT2D eigenvalue weighted by atomic mass is 9.85. The number of nitriles is 1. The van der Waals surface area contributed by atoms with Crippen molar-refractivity contribution in [3.63, 3.8) is 0 Å². The molecule has 0 saturated carbocycles. The van der Waals surface area contributed by atoms with Gasteiger partial charge in [0.05, 0.1) is 63.4 Å². The number of para-hydroxylation sites is 1. The number of benzene rings is 2. The Morgan fingerprint density at radius 3 is 2.43 bits per heavy atom. The van der Waals surface area contributed by atoms with Crippen LogP contribution in [0.25, 0.3) is 0 Å². The van der Waals surface area contributed by atoms with Gasteiger partial charge in [-0.2, -0.15) is 5.26 Å². The number of sulfonamides is 1. The van der Waals surface area contributed by atoms with E-state index in [4.69, 9.17) is 14.3 Å². The summed E-state index contributed by atoms with van der Waals surface area (Å²) in [5, 5.41) is 24.1. The second kappa shape index (κ2) is 12.8. The Balaban J connectivity index is 1.57. The van der Waals surface area contributed by atoms with Crippen molar-refractivity contribution in [2.24, 2.45) is 5.14 Å². The molecule has 1 atom stereocenters. The van der Waals surface area contributed by atoms with Crippen molar-refractivity contribution < 1.29 is 32.0 Å². The number of methoxy groups -OCH3 is 1. The topological polar surface area (TPSA) is 194 Å². The molecule has 0 fully saturated rings. The number of carbonyl (C=O) groups is 3. The van der Waals surface area contributed by atoms with E-state index in [2.05, 4.69) is 22.0 Å². The van der Waals surface area contributed by atoms with Crippen LogP contribution in [0.15, 0.2) is 98.1 Å². The average Bonchev–Trinajstić information content (AvgIpc) is 3.50. The average molecular weight is 608 g/mol. The van der Waals surface area contributed by atoms with Crippen molar-refractivity contribution >= 4 is 50.9 Å². The summed E-state index contributed by atoms with van der Waals surface area (Å²) in [7, 11) is -2.67. The van der Waals surface area contributed by atoms with E-state index in [1.165, 1.54) is 43.7 Å². The van der Waals surface area contributed by atoms with Crippen LogP contribution in [0, 0.1) is 11.3 Å². The number of thioether (sulfide) groups is 1. The van der Waals surface area contributed by atoms with Crippen molar-refractivity contribution in [2.75, 3.05) is 23.5 Å². The number of nitrogens with two attached hydrogens (primary N) is 1. The maximum absolute atomic E-state index is 13.5. The molecule has 1 aromatic heterocycles. The zero-order valence-corrected chi connectivity index (χ0v) is 24.0. The number of nitrogens with zero attached hydrogens (tertiary/aromatic N) is 1. The van der Waals surface area contributed by atoms with Gasteiger partial charge in [0.25, 0.3) is 5.91 Å². The van der Waals surface area contributed by atoms with Gasteiger partial charge >= 0.3 is 5.97 Å². The number of primary sulfonamides is 1. The number of anilines is 2. The standard InChI is InChI=1S/C28H25N5O7S2/c1-16-24(26(35)32-17-9-11-18(12-10-17)42(30,37)38)25(22-8-5-13-40-22)20(14-29)27(31-16)41-15-23(34)33-21-7-4-3-6-19(21)28(36)39-2/h3-13,25,31H,15H2,1-2H3,(H,32,35)(H,33,34)(H2,30,37,38)/t25-/m0/s1. The number of dihydropyridines is 1. The molecule has 2 heterocycles. The molecule has 42 heavy (non-hydrogen) atoms. The number of hydrogen-bond donors (Lipinski definition) is 4. The maximum atomic E-state index is 13.5. The third-order valence-electron chi connectivity index (χ3n) is 6.11. The Labute approximate surface area is 245 Å². The molecular weight excluding hydrogens is 582 g/mol. The van der Waals surface area contributed by atoms with Crippen LogP contribution in [0.2, 0.25) is 0 Å². The number of esters is 1. The van der Waals surface area contributed by atoms with Gasteiger partial charge < -0.3 is 25.1 Å². The second-order valence-corrected chi connectivity index (χ2v) is 11.4. The SMILES string of the molecule is COC(=O)c1ccccc1NC(=O)CSC1=C(C#N)[C@@H](c2ccco2)C(C(=O)Nc2ccc(S(N)(=O)=O)cc2)=C(C)N1. The van der Waals surface area contributed by atoms with Crippen LogP contribution >= 0.6 is 11.8 Å². The van der Waals surface area contributed by atoms with E-state index >= 15 is 0 Å². The lowest BCUT2D eigenvalue weighted by Crippen LogP contribution is -2.31. The van der Waals surface area contributed by atoms with E-state index in [1.807, 2.05) is 0 Å². The largest absolute Gasteiger partial charge is 0.468 e. The van der Waals surface area contributed by atoms with Gasteiger partial charge in [0.15, 0.2) is 0 Å². The fourth-order valence-electron chi connectivity index (χ4n) is 4.20. The van der Waals surface area contributed by atoms with E-state index in [9.17, 15) is 28.1 Å². The second-order valence-electron chi connectivity index (χ2n) is 8.86. The molecule has 0 unspecified atom stereocenters. The molecule has 2 amide bonds. The molecule has 0 aliphatic carbocycles. The van der Waals surface area contributed by atoms with E-state index in [-0.39, 0.29) is 33.0 Å². The Morgan fingerprint density at radius 1 is 1.10 bits per heavy atom. The molecule has 0 bridgehead atoms. The van der Waals surface area contributed by atoms with E-state index in [0.717, 1.165) is 11.8 Å². The molecule has 12 nitrogen and oxygen atoms in total. The predicted molar refractivity (Wildman–Crippen MR) is 155 cm³/mol. The molecule has 0 spiro atoms. The number of furan rings is 1. The molecule has 1 aliphatic heterocycles. The van der Waals surface area contributed by atoms with Crippen molar-refractivity contribution in [3.05, 3.63) is 100 Å². The van der Waals surface area contributed by atoms with Crippen LogP contribution in [-0.4, -0.2) is 39.1 Å². The van der Waals surface area contributed by atoms with Gasteiger partial charge in [0.2, 0.25) is 15.9 Å². The molecular formula is C28H25N5O7S2. The van der Waals surface area contributed by atoms with Crippen LogP contribution < -0.4 is 21.1 Å². The molecule has 2 aromatic carbocycles. The Kier molecular flexibility index (Phi) is 9.16. The highest BCUT2D eigenvalue weighted by Crippen LogP contribution is 2.41. The van der Waals surface area contributed by atoms with Crippen molar-refractivity contribution in [1.29, 1.82) is 5.26 Å². The zero-order valence-electron chi connectivity index (χ0n) is 22.3. The highest BCUT2D eigenvalue weighted by atomic mass is 32.2. The zero-order chi connectivity index (χ0) is 30.4. The van der Waals surface area contributed by atoms with Crippen LogP contribution in [-0.2, 0) is 24.3 Å². The normalized spacial score (nSPS) is 15.0.